The first-order chi connectivity index (χ1) is 12.1. The van der Waals surface area contributed by atoms with Crippen LogP contribution in [0.2, 0.25) is 0 Å². The van der Waals surface area contributed by atoms with Gasteiger partial charge in [-0.2, -0.15) is 0 Å². The molecular formula is C19H18N2O4. The number of carbonyl (C=O) groups is 1. The Balaban J connectivity index is 1.51. The average molecular weight is 338 g/mol. The Morgan fingerprint density at radius 1 is 1.20 bits per heavy atom. The van der Waals surface area contributed by atoms with Crippen molar-refractivity contribution in [1.82, 2.24) is 10.3 Å². The number of phenols is 1. The van der Waals surface area contributed by atoms with Crippen molar-refractivity contribution in [1.29, 1.82) is 0 Å². The van der Waals surface area contributed by atoms with Crippen molar-refractivity contribution in [2.75, 3.05) is 6.61 Å². The van der Waals surface area contributed by atoms with Crippen molar-refractivity contribution in [3.63, 3.8) is 0 Å². The van der Waals surface area contributed by atoms with Gasteiger partial charge in [0.2, 0.25) is 5.89 Å². The second-order valence-corrected chi connectivity index (χ2v) is 5.54. The fourth-order valence-corrected chi connectivity index (χ4v) is 2.18. The summed E-state index contributed by atoms with van der Waals surface area (Å²) in [5.41, 5.74) is 2.66. The zero-order valence-corrected chi connectivity index (χ0v) is 13.7. The Morgan fingerprint density at radius 3 is 2.72 bits per heavy atom. The lowest BCUT2D eigenvalue weighted by Crippen LogP contribution is -2.28. The maximum atomic E-state index is 11.8. The van der Waals surface area contributed by atoms with E-state index in [1.807, 2.05) is 31.2 Å². The standard InChI is InChI=1S/C19H18N2O4/c1-13-6-8-14(9-7-13)19-21-15(11-25-19)10-20-18(23)12-24-17-5-3-2-4-16(17)22/h2-9,11,22H,10,12H2,1H3,(H,20,23). The number of benzene rings is 2. The van der Waals surface area contributed by atoms with E-state index in [0.717, 1.165) is 11.1 Å². The molecule has 0 fully saturated rings. The third-order valence-electron chi connectivity index (χ3n) is 3.54. The molecule has 0 aliphatic rings. The van der Waals surface area contributed by atoms with Gasteiger partial charge in [-0.15, -0.1) is 0 Å². The highest BCUT2D eigenvalue weighted by Gasteiger charge is 2.09. The van der Waals surface area contributed by atoms with Crippen molar-refractivity contribution in [2.24, 2.45) is 0 Å². The molecule has 0 unspecified atom stereocenters. The van der Waals surface area contributed by atoms with E-state index < -0.39 is 0 Å². The quantitative estimate of drug-likeness (QED) is 0.721. The summed E-state index contributed by atoms with van der Waals surface area (Å²) in [6.07, 6.45) is 1.51. The molecule has 0 spiro atoms. The first-order valence-corrected chi connectivity index (χ1v) is 7.81. The predicted octanol–water partition coefficient (Wildman–Crippen LogP) is 3.05. The summed E-state index contributed by atoms with van der Waals surface area (Å²) >= 11 is 0. The van der Waals surface area contributed by atoms with Crippen LogP contribution >= 0.6 is 0 Å². The van der Waals surface area contributed by atoms with Gasteiger partial charge in [0, 0.05) is 5.56 Å². The number of hydrogen-bond donors (Lipinski definition) is 2. The van der Waals surface area contributed by atoms with Crippen LogP contribution in [-0.4, -0.2) is 22.6 Å². The maximum Gasteiger partial charge on any atom is 0.258 e. The molecule has 2 aromatic carbocycles. The number of oxazole rings is 1. The summed E-state index contributed by atoms with van der Waals surface area (Å²) in [7, 11) is 0. The van der Waals surface area contributed by atoms with Gasteiger partial charge in [0.25, 0.3) is 5.91 Å². The number of phenolic OH excluding ortho intramolecular Hbond substituents is 1. The molecule has 6 nitrogen and oxygen atoms in total. The number of ether oxygens (including phenoxy) is 1. The fourth-order valence-electron chi connectivity index (χ4n) is 2.18. The molecule has 1 aromatic heterocycles. The molecule has 0 aliphatic heterocycles. The molecule has 0 radical (unpaired) electrons. The van der Waals surface area contributed by atoms with Crippen LogP contribution in [0, 0.1) is 6.92 Å². The Bertz CT molecular complexity index is 856. The molecule has 0 bridgehead atoms. The predicted molar refractivity (Wildman–Crippen MR) is 92.1 cm³/mol. The minimum atomic E-state index is -0.317. The van der Waals surface area contributed by atoms with Crippen molar-refractivity contribution >= 4 is 5.91 Å². The molecule has 1 amide bonds. The summed E-state index contributed by atoms with van der Waals surface area (Å²) < 4.78 is 10.7. The van der Waals surface area contributed by atoms with Gasteiger partial charge in [0.15, 0.2) is 18.1 Å². The fraction of sp³-hybridized carbons (Fsp3) is 0.158. The number of aryl methyl sites for hydroxylation is 1. The van der Waals surface area contributed by atoms with Crippen LogP contribution in [0.15, 0.2) is 59.2 Å². The van der Waals surface area contributed by atoms with Crippen LogP contribution < -0.4 is 10.1 Å². The van der Waals surface area contributed by atoms with Crippen LogP contribution in [0.4, 0.5) is 0 Å². The number of para-hydroxylation sites is 2. The van der Waals surface area contributed by atoms with Gasteiger partial charge in [0.1, 0.15) is 6.26 Å². The number of rotatable bonds is 6. The summed E-state index contributed by atoms with van der Waals surface area (Å²) in [4.78, 5) is 16.2. The van der Waals surface area contributed by atoms with Crippen molar-refractivity contribution < 1.29 is 19.1 Å². The van der Waals surface area contributed by atoms with E-state index in [9.17, 15) is 9.90 Å². The SMILES string of the molecule is Cc1ccc(-c2nc(CNC(=O)COc3ccccc3O)co2)cc1. The van der Waals surface area contributed by atoms with Crippen molar-refractivity contribution in [3.05, 3.63) is 66.1 Å². The maximum absolute atomic E-state index is 11.8. The Morgan fingerprint density at radius 2 is 1.96 bits per heavy atom. The second kappa shape index (κ2) is 7.53. The highest BCUT2D eigenvalue weighted by atomic mass is 16.5. The number of nitrogens with zero attached hydrogens (tertiary/aromatic N) is 1. The van der Waals surface area contributed by atoms with E-state index in [0.29, 0.717) is 11.6 Å². The highest BCUT2D eigenvalue weighted by molar-refractivity contribution is 5.77. The number of carbonyl (C=O) groups excluding carboxylic acids is 1. The van der Waals surface area contributed by atoms with Crippen molar-refractivity contribution in [2.45, 2.75) is 13.5 Å². The lowest BCUT2D eigenvalue weighted by molar-refractivity contribution is -0.123. The van der Waals surface area contributed by atoms with E-state index in [4.69, 9.17) is 9.15 Å². The summed E-state index contributed by atoms with van der Waals surface area (Å²) in [6, 6.07) is 14.3. The number of hydrogen-bond acceptors (Lipinski definition) is 5. The molecule has 3 rings (SSSR count). The van der Waals surface area contributed by atoms with E-state index in [1.165, 1.54) is 12.3 Å². The largest absolute Gasteiger partial charge is 0.504 e. The molecule has 128 valence electrons. The molecule has 3 aromatic rings. The zero-order chi connectivity index (χ0) is 17.6. The van der Waals surface area contributed by atoms with Gasteiger partial charge in [0.05, 0.1) is 12.2 Å². The molecule has 6 heteroatoms. The van der Waals surface area contributed by atoms with Crippen LogP contribution in [-0.2, 0) is 11.3 Å². The minimum Gasteiger partial charge on any atom is -0.504 e. The first-order valence-electron chi connectivity index (χ1n) is 7.81. The van der Waals surface area contributed by atoms with Gasteiger partial charge in [-0.3, -0.25) is 4.79 Å². The summed E-state index contributed by atoms with van der Waals surface area (Å²) in [5, 5.41) is 12.3. The van der Waals surface area contributed by atoms with Gasteiger partial charge < -0.3 is 19.6 Å². The van der Waals surface area contributed by atoms with Crippen LogP contribution in [0.1, 0.15) is 11.3 Å². The number of aromatic hydroxyl groups is 1. The van der Waals surface area contributed by atoms with Crippen LogP contribution in [0.25, 0.3) is 11.5 Å². The van der Waals surface area contributed by atoms with Gasteiger partial charge in [-0.05, 0) is 31.2 Å². The first kappa shape index (κ1) is 16.6. The van der Waals surface area contributed by atoms with E-state index in [1.54, 1.807) is 18.2 Å². The second-order valence-electron chi connectivity index (χ2n) is 5.54. The number of nitrogens with one attached hydrogen (secondary N) is 1. The third-order valence-corrected chi connectivity index (χ3v) is 3.54. The van der Waals surface area contributed by atoms with Gasteiger partial charge in [-0.25, -0.2) is 4.98 Å². The zero-order valence-electron chi connectivity index (χ0n) is 13.7. The molecule has 1 heterocycles. The number of aromatic nitrogens is 1. The minimum absolute atomic E-state index is 0.00505. The lowest BCUT2D eigenvalue weighted by Gasteiger charge is -2.07. The average Bonchev–Trinajstić information content (AvgIpc) is 3.09. The monoisotopic (exact) mass is 338 g/mol. The van der Waals surface area contributed by atoms with Crippen LogP contribution in [0.3, 0.4) is 0 Å². The van der Waals surface area contributed by atoms with E-state index in [2.05, 4.69) is 10.3 Å². The van der Waals surface area contributed by atoms with Gasteiger partial charge >= 0.3 is 0 Å². The lowest BCUT2D eigenvalue weighted by atomic mass is 10.1. The van der Waals surface area contributed by atoms with E-state index >= 15 is 0 Å². The summed E-state index contributed by atoms with van der Waals surface area (Å²) in [5.74, 6) is 0.452. The Labute approximate surface area is 145 Å². The molecule has 0 saturated heterocycles. The smallest absolute Gasteiger partial charge is 0.258 e. The highest BCUT2D eigenvalue weighted by Crippen LogP contribution is 2.24. The van der Waals surface area contributed by atoms with Crippen LogP contribution in [0.5, 0.6) is 11.5 Å². The molecular weight excluding hydrogens is 320 g/mol. The topological polar surface area (TPSA) is 84.6 Å². The van der Waals surface area contributed by atoms with Crippen molar-refractivity contribution in [3.8, 4) is 23.0 Å². The molecule has 2 N–H and O–H groups in total. The Hall–Kier alpha value is -3.28. The Kier molecular flexibility index (Phi) is 4.99. The van der Waals surface area contributed by atoms with E-state index in [-0.39, 0.29) is 30.6 Å². The summed E-state index contributed by atoms with van der Waals surface area (Å²) in [6.45, 7) is 2.05. The van der Waals surface area contributed by atoms with Gasteiger partial charge in [-0.1, -0.05) is 29.8 Å². The third kappa shape index (κ3) is 4.38. The normalized spacial score (nSPS) is 10.4. The molecule has 25 heavy (non-hydrogen) atoms. The molecule has 0 saturated carbocycles. The number of amides is 1. The molecule has 0 aliphatic carbocycles. The molecule has 0 atom stereocenters.